The highest BCUT2D eigenvalue weighted by Crippen LogP contribution is 2.32. The lowest BCUT2D eigenvalue weighted by Gasteiger charge is -2.14. The highest BCUT2D eigenvalue weighted by atomic mass is 16.5. The summed E-state index contributed by atoms with van der Waals surface area (Å²) in [7, 11) is 0. The van der Waals surface area contributed by atoms with E-state index in [4.69, 9.17) is 15.2 Å². The van der Waals surface area contributed by atoms with Crippen LogP contribution < -0.4 is 20.8 Å². The van der Waals surface area contributed by atoms with Gasteiger partial charge in [0.25, 0.3) is 5.56 Å². The molecule has 1 aromatic carbocycles. The number of aromatic amines is 1. The fourth-order valence-electron chi connectivity index (χ4n) is 3.56. The molecule has 0 spiro atoms. The number of nitrogens with one attached hydrogen (secondary N) is 1. The third-order valence-electron chi connectivity index (χ3n) is 5.44. The Kier molecular flexibility index (Phi) is 10.9. The zero-order chi connectivity index (χ0) is 23.3. The van der Waals surface area contributed by atoms with Crippen LogP contribution in [-0.2, 0) is 0 Å². The number of ether oxygens (including phenoxy) is 2. The Hall–Kier alpha value is -2.69. The molecule has 5 nitrogen and oxygen atoms in total. The molecule has 32 heavy (non-hydrogen) atoms. The van der Waals surface area contributed by atoms with Crippen LogP contribution in [0.3, 0.4) is 0 Å². The number of benzene rings is 1. The number of rotatable bonds is 14. The van der Waals surface area contributed by atoms with Gasteiger partial charge in [-0.25, -0.2) is 0 Å². The van der Waals surface area contributed by atoms with Crippen LogP contribution >= 0.6 is 0 Å². The molecule has 1 aromatic heterocycles. The smallest absolute Gasteiger partial charge is 0.294 e. The molecule has 3 N–H and O–H groups in total. The summed E-state index contributed by atoms with van der Waals surface area (Å²) < 4.78 is 12.0. The Balaban J connectivity index is 2.12. The zero-order valence-corrected chi connectivity index (χ0v) is 20.3. The van der Waals surface area contributed by atoms with Gasteiger partial charge in [-0.05, 0) is 64.3 Å². The van der Waals surface area contributed by atoms with Crippen molar-refractivity contribution in [2.24, 2.45) is 0 Å². The van der Waals surface area contributed by atoms with Crippen LogP contribution in [0.15, 0.2) is 46.3 Å². The van der Waals surface area contributed by atoms with E-state index < -0.39 is 0 Å². The van der Waals surface area contributed by atoms with Crippen LogP contribution in [0.1, 0.15) is 79.1 Å². The predicted molar refractivity (Wildman–Crippen MR) is 136 cm³/mol. The molecule has 0 fully saturated rings. The standard InChI is InChI=1S/C27H40N2O3/c1-5-6-7-8-9-10-17-31-26-25(32-18-16-21(4)13-11-12-20(2)3)23-15-14-22(28)19-24(23)29-27(26)30/h12,14-16,19H,5-11,13,17-18,28H2,1-4H3,(H,29,30)/b21-16+. The first-order chi connectivity index (χ1) is 15.4. The van der Waals surface area contributed by atoms with Gasteiger partial charge in [0.2, 0.25) is 5.75 Å². The molecule has 0 radical (unpaired) electrons. The lowest BCUT2D eigenvalue weighted by atomic mass is 10.1. The Bertz CT molecular complexity index is 969. The van der Waals surface area contributed by atoms with E-state index in [1.165, 1.54) is 36.8 Å². The van der Waals surface area contributed by atoms with Gasteiger partial charge in [0.05, 0.1) is 12.1 Å². The summed E-state index contributed by atoms with van der Waals surface area (Å²) in [4.78, 5) is 15.6. The minimum absolute atomic E-state index is 0.256. The van der Waals surface area contributed by atoms with Gasteiger partial charge in [0, 0.05) is 11.1 Å². The molecule has 0 amide bonds. The number of unbranched alkanes of at least 4 members (excludes halogenated alkanes) is 5. The minimum atomic E-state index is -0.284. The van der Waals surface area contributed by atoms with Crippen LogP contribution in [0.2, 0.25) is 0 Å². The number of hydrogen-bond donors (Lipinski definition) is 2. The molecule has 0 saturated heterocycles. The summed E-state index contributed by atoms with van der Waals surface area (Å²) in [6.45, 7) is 9.43. The molecule has 5 heteroatoms. The Morgan fingerprint density at radius 1 is 1.00 bits per heavy atom. The average molecular weight is 441 g/mol. The maximum atomic E-state index is 12.7. The summed E-state index contributed by atoms with van der Waals surface area (Å²) in [5.74, 6) is 0.745. The molecule has 0 saturated carbocycles. The fourth-order valence-corrected chi connectivity index (χ4v) is 3.56. The van der Waals surface area contributed by atoms with Crippen LogP contribution in [-0.4, -0.2) is 18.2 Å². The second-order valence-corrected chi connectivity index (χ2v) is 8.72. The second kappa shape index (κ2) is 13.7. The highest BCUT2D eigenvalue weighted by Gasteiger charge is 2.16. The first-order valence-corrected chi connectivity index (χ1v) is 11.9. The summed E-state index contributed by atoms with van der Waals surface area (Å²) in [5, 5.41) is 0.798. The molecule has 0 aliphatic carbocycles. The van der Waals surface area contributed by atoms with Gasteiger partial charge in [-0.15, -0.1) is 0 Å². The molecule has 0 unspecified atom stereocenters. The van der Waals surface area contributed by atoms with Crippen molar-refractivity contribution in [2.45, 2.75) is 79.1 Å². The van der Waals surface area contributed by atoms with E-state index in [1.54, 1.807) is 6.07 Å². The Morgan fingerprint density at radius 2 is 1.75 bits per heavy atom. The predicted octanol–water partition coefficient (Wildman–Crippen LogP) is 6.92. The third kappa shape index (κ3) is 8.45. The molecule has 1 heterocycles. The summed E-state index contributed by atoms with van der Waals surface area (Å²) in [5.41, 5.74) is 9.46. The van der Waals surface area contributed by atoms with Crippen LogP contribution in [0.5, 0.6) is 11.5 Å². The number of anilines is 1. The summed E-state index contributed by atoms with van der Waals surface area (Å²) >= 11 is 0. The monoisotopic (exact) mass is 440 g/mol. The molecular weight excluding hydrogens is 400 g/mol. The van der Waals surface area contributed by atoms with Gasteiger partial charge in [-0.3, -0.25) is 4.79 Å². The fraction of sp³-hybridized carbons (Fsp3) is 0.519. The van der Waals surface area contributed by atoms with E-state index in [0.717, 1.165) is 31.1 Å². The van der Waals surface area contributed by atoms with Gasteiger partial charge in [-0.2, -0.15) is 0 Å². The van der Waals surface area contributed by atoms with Crippen LogP contribution in [0, 0.1) is 0 Å². The van der Waals surface area contributed by atoms with Gasteiger partial charge < -0.3 is 20.2 Å². The molecule has 0 aliphatic rings. The lowest BCUT2D eigenvalue weighted by molar-refractivity contribution is 0.274. The molecular formula is C27H40N2O3. The SMILES string of the molecule is CCCCCCCCOc1c(OC/C=C(\C)CCC=C(C)C)c2ccc(N)cc2[nH]c1=O. The maximum Gasteiger partial charge on any atom is 0.294 e. The number of fused-ring (bicyclic) bond motifs is 1. The van der Waals surface area contributed by atoms with Gasteiger partial charge in [0.15, 0.2) is 5.75 Å². The Labute approximate surface area is 192 Å². The topological polar surface area (TPSA) is 77.3 Å². The number of H-pyrrole nitrogens is 1. The van der Waals surface area contributed by atoms with E-state index in [-0.39, 0.29) is 11.3 Å². The lowest BCUT2D eigenvalue weighted by Crippen LogP contribution is -2.15. The summed E-state index contributed by atoms with van der Waals surface area (Å²) in [6, 6.07) is 5.44. The Morgan fingerprint density at radius 3 is 2.50 bits per heavy atom. The van der Waals surface area contributed by atoms with Gasteiger partial charge in [-0.1, -0.05) is 56.3 Å². The zero-order valence-electron chi connectivity index (χ0n) is 20.3. The first kappa shape index (κ1) is 25.6. The van der Waals surface area contributed by atoms with Gasteiger partial charge in [0.1, 0.15) is 6.61 Å². The van der Waals surface area contributed by atoms with Crippen LogP contribution in [0.25, 0.3) is 10.9 Å². The number of aromatic nitrogens is 1. The summed E-state index contributed by atoms with van der Waals surface area (Å²) in [6.07, 6.45) is 13.3. The minimum Gasteiger partial charge on any atom is -0.485 e. The van der Waals surface area contributed by atoms with Crippen molar-refractivity contribution in [1.29, 1.82) is 0 Å². The van der Waals surface area contributed by atoms with E-state index in [2.05, 4.69) is 44.8 Å². The molecule has 2 aromatic rings. The van der Waals surface area contributed by atoms with E-state index >= 15 is 0 Å². The van der Waals surface area contributed by atoms with Crippen molar-refractivity contribution in [3.05, 3.63) is 51.9 Å². The quantitative estimate of drug-likeness (QED) is 0.190. The van der Waals surface area contributed by atoms with Crippen molar-refractivity contribution >= 4 is 16.6 Å². The molecule has 176 valence electrons. The van der Waals surface area contributed by atoms with E-state index in [9.17, 15) is 4.79 Å². The van der Waals surface area contributed by atoms with E-state index in [1.807, 2.05) is 12.1 Å². The number of pyridine rings is 1. The maximum absolute atomic E-state index is 12.7. The number of allylic oxidation sites excluding steroid dienone is 3. The second-order valence-electron chi connectivity index (χ2n) is 8.72. The molecule has 0 aliphatic heterocycles. The normalized spacial score (nSPS) is 11.6. The van der Waals surface area contributed by atoms with Crippen molar-refractivity contribution in [3.8, 4) is 11.5 Å². The van der Waals surface area contributed by atoms with Crippen molar-refractivity contribution < 1.29 is 9.47 Å². The van der Waals surface area contributed by atoms with Crippen molar-refractivity contribution in [2.75, 3.05) is 18.9 Å². The van der Waals surface area contributed by atoms with Crippen molar-refractivity contribution in [1.82, 2.24) is 4.98 Å². The third-order valence-corrected chi connectivity index (χ3v) is 5.44. The number of hydrogen-bond acceptors (Lipinski definition) is 4. The number of nitrogens with two attached hydrogens (primary N) is 1. The first-order valence-electron chi connectivity index (χ1n) is 11.9. The number of nitrogen functional groups attached to an aromatic ring is 1. The largest absolute Gasteiger partial charge is 0.485 e. The van der Waals surface area contributed by atoms with E-state index in [0.29, 0.717) is 30.2 Å². The molecule has 0 bridgehead atoms. The van der Waals surface area contributed by atoms with Gasteiger partial charge >= 0.3 is 0 Å². The van der Waals surface area contributed by atoms with Crippen molar-refractivity contribution in [3.63, 3.8) is 0 Å². The average Bonchev–Trinajstić information content (AvgIpc) is 2.73. The highest BCUT2D eigenvalue weighted by molar-refractivity contribution is 5.89. The van der Waals surface area contributed by atoms with Crippen LogP contribution in [0.4, 0.5) is 5.69 Å². The molecule has 2 rings (SSSR count). The molecule has 0 atom stereocenters.